The minimum absolute atomic E-state index is 0.106. The van der Waals surface area contributed by atoms with Crippen molar-refractivity contribution in [3.8, 4) is 5.75 Å². The molecule has 0 radical (unpaired) electrons. The molecule has 29 heavy (non-hydrogen) atoms. The molecule has 3 N–H and O–H groups in total. The fourth-order valence-electron chi connectivity index (χ4n) is 2.85. The second kappa shape index (κ2) is 9.06. The molecule has 9 heteroatoms. The van der Waals surface area contributed by atoms with Gasteiger partial charge in [0, 0.05) is 22.3 Å². The first-order chi connectivity index (χ1) is 13.9. The number of carbonyl (C=O) groups excluding carboxylic acids is 1. The van der Waals surface area contributed by atoms with Crippen molar-refractivity contribution in [2.24, 2.45) is 10.1 Å². The van der Waals surface area contributed by atoms with E-state index in [1.54, 1.807) is 19.2 Å². The summed E-state index contributed by atoms with van der Waals surface area (Å²) in [6, 6.07) is 16.6. The molecular weight excluding hydrogens is 474 g/mol. The van der Waals surface area contributed by atoms with Crippen molar-refractivity contribution in [1.82, 2.24) is 0 Å². The first-order valence-corrected chi connectivity index (χ1v) is 11.9. The number of benzene rings is 3. The van der Waals surface area contributed by atoms with Crippen molar-refractivity contribution in [2.75, 3.05) is 24.6 Å². The maximum atomic E-state index is 13.6. The van der Waals surface area contributed by atoms with Crippen molar-refractivity contribution in [3.05, 3.63) is 59.1 Å². The highest BCUT2D eigenvalue weighted by Crippen LogP contribution is 2.41. The molecule has 3 aromatic carbocycles. The van der Waals surface area contributed by atoms with Gasteiger partial charge in [0.25, 0.3) is 0 Å². The van der Waals surface area contributed by atoms with Crippen LogP contribution in [0.2, 0.25) is 0 Å². The number of halogens is 1. The third-order valence-corrected chi connectivity index (χ3v) is 7.67. The topological polar surface area (TPSA) is 93.8 Å². The van der Waals surface area contributed by atoms with Crippen LogP contribution >= 0.6 is 27.7 Å². The molecule has 0 aliphatic rings. The lowest BCUT2D eigenvalue weighted by Crippen LogP contribution is -2.14. The summed E-state index contributed by atoms with van der Waals surface area (Å²) < 4.78 is 27.4. The Morgan fingerprint density at radius 1 is 1.21 bits per heavy atom. The average Bonchev–Trinajstić information content (AvgIpc) is 2.72. The van der Waals surface area contributed by atoms with E-state index >= 15 is 0 Å². The van der Waals surface area contributed by atoms with Crippen LogP contribution in [0.1, 0.15) is 0 Å². The Kier molecular flexibility index (Phi) is 6.71. The number of fused-ring (bicyclic) bond motifs is 1. The smallest absolute Gasteiger partial charge is 0.227 e. The Morgan fingerprint density at radius 2 is 1.86 bits per heavy atom. The number of primary amides is 1. The molecule has 6 nitrogen and oxygen atoms in total. The highest BCUT2D eigenvalue weighted by Gasteiger charge is 2.18. The fraction of sp³-hybridized carbons (Fsp3) is 0.150. The largest absolute Gasteiger partial charge is 0.495 e. The SMILES string of the molecule is CN=S(=O)(Nc1cc(SCC(N)=O)c(OC)c2ccccc12)c1ccc(Br)cc1. The zero-order valence-corrected chi connectivity index (χ0v) is 19.1. The zero-order chi connectivity index (χ0) is 21.0. The summed E-state index contributed by atoms with van der Waals surface area (Å²) in [5.74, 6) is 0.317. The van der Waals surface area contributed by atoms with Crippen molar-refractivity contribution in [1.29, 1.82) is 0 Å². The molecule has 1 amide bonds. The average molecular weight is 494 g/mol. The predicted octanol–water partition coefficient (Wildman–Crippen LogP) is 4.67. The maximum absolute atomic E-state index is 13.6. The van der Waals surface area contributed by atoms with Crippen LogP contribution in [-0.2, 0) is 14.7 Å². The van der Waals surface area contributed by atoms with Gasteiger partial charge < -0.3 is 10.5 Å². The van der Waals surface area contributed by atoms with E-state index in [0.717, 1.165) is 20.1 Å². The van der Waals surface area contributed by atoms with E-state index in [9.17, 15) is 9.00 Å². The summed E-state index contributed by atoms with van der Waals surface area (Å²) in [5, 5.41) is 1.67. The lowest BCUT2D eigenvalue weighted by molar-refractivity contribution is -0.115. The van der Waals surface area contributed by atoms with Gasteiger partial charge in [-0.3, -0.25) is 9.52 Å². The molecular formula is C20H20BrN3O3S2. The number of amides is 1. The molecule has 3 rings (SSSR count). The summed E-state index contributed by atoms with van der Waals surface area (Å²) in [5.41, 5.74) is 5.94. The van der Waals surface area contributed by atoms with Crippen LogP contribution in [0.5, 0.6) is 5.75 Å². The van der Waals surface area contributed by atoms with Gasteiger partial charge in [-0.05, 0) is 30.3 Å². The Morgan fingerprint density at radius 3 is 2.45 bits per heavy atom. The summed E-state index contributed by atoms with van der Waals surface area (Å²) in [6.45, 7) is 0. The molecule has 1 atom stereocenters. The molecule has 0 spiro atoms. The molecule has 0 fully saturated rings. The van der Waals surface area contributed by atoms with E-state index in [1.807, 2.05) is 42.5 Å². The Balaban J connectivity index is 2.16. The Bertz CT molecular complexity index is 1170. The summed E-state index contributed by atoms with van der Waals surface area (Å²) in [6.07, 6.45) is 0. The normalized spacial score (nSPS) is 12.9. The van der Waals surface area contributed by atoms with Gasteiger partial charge >= 0.3 is 0 Å². The molecule has 0 saturated heterocycles. The quantitative estimate of drug-likeness (QED) is 0.467. The van der Waals surface area contributed by atoms with Gasteiger partial charge in [-0.25, -0.2) is 8.57 Å². The lowest BCUT2D eigenvalue weighted by atomic mass is 10.1. The standard InChI is InChI=1S/C20H20BrN3O3S2/c1-23-29(26,14-9-7-13(21)8-10-14)24-17-11-18(28-12-19(22)25)20(27-2)16-6-4-3-5-15(16)17/h3-11H,12H2,1-2H3,(H2,22,25)(H,23,24,26). The monoisotopic (exact) mass is 493 g/mol. The molecule has 0 bridgehead atoms. The van der Waals surface area contributed by atoms with Crippen LogP contribution in [0.25, 0.3) is 10.8 Å². The molecule has 0 saturated carbocycles. The number of ether oxygens (including phenoxy) is 1. The van der Waals surface area contributed by atoms with E-state index in [0.29, 0.717) is 16.3 Å². The number of methoxy groups -OCH3 is 1. The predicted molar refractivity (Wildman–Crippen MR) is 123 cm³/mol. The van der Waals surface area contributed by atoms with Gasteiger partial charge in [-0.15, -0.1) is 11.8 Å². The van der Waals surface area contributed by atoms with Crippen LogP contribution in [-0.4, -0.2) is 30.0 Å². The van der Waals surface area contributed by atoms with E-state index < -0.39 is 15.8 Å². The number of nitrogens with two attached hydrogens (primary N) is 1. The second-order valence-corrected chi connectivity index (χ2v) is 10.0. The van der Waals surface area contributed by atoms with Gasteiger partial charge in [0.1, 0.15) is 5.75 Å². The van der Waals surface area contributed by atoms with E-state index in [4.69, 9.17) is 10.5 Å². The van der Waals surface area contributed by atoms with Crippen molar-refractivity contribution in [2.45, 2.75) is 9.79 Å². The molecule has 3 aromatic rings. The van der Waals surface area contributed by atoms with Gasteiger partial charge in [-0.2, -0.15) is 0 Å². The van der Waals surface area contributed by atoms with Crippen LogP contribution in [0.15, 0.2) is 73.2 Å². The van der Waals surface area contributed by atoms with Crippen molar-refractivity contribution >= 4 is 60.0 Å². The summed E-state index contributed by atoms with van der Waals surface area (Å²) in [7, 11) is 0.177. The molecule has 0 aliphatic heterocycles. The first kappa shape index (κ1) is 21.5. The molecule has 152 valence electrons. The number of hydrogen-bond acceptors (Lipinski definition) is 5. The van der Waals surface area contributed by atoms with Gasteiger partial charge in [0.2, 0.25) is 5.91 Å². The highest BCUT2D eigenvalue weighted by molar-refractivity contribution is 9.10. The van der Waals surface area contributed by atoms with Crippen molar-refractivity contribution < 1.29 is 13.7 Å². The van der Waals surface area contributed by atoms with Crippen molar-refractivity contribution in [3.63, 3.8) is 0 Å². The van der Waals surface area contributed by atoms with E-state index in [1.165, 1.54) is 18.8 Å². The highest BCUT2D eigenvalue weighted by atomic mass is 79.9. The summed E-state index contributed by atoms with van der Waals surface area (Å²) >= 11 is 4.66. The second-order valence-electron chi connectivity index (χ2n) is 6.02. The molecule has 0 heterocycles. The number of nitrogens with zero attached hydrogens (tertiary/aromatic N) is 1. The Labute approximate surface area is 182 Å². The van der Waals surface area contributed by atoms with Crippen LogP contribution in [0.4, 0.5) is 5.69 Å². The third kappa shape index (κ3) is 4.68. The molecule has 1 unspecified atom stereocenters. The number of hydrogen-bond donors (Lipinski definition) is 2. The third-order valence-electron chi connectivity index (χ3n) is 4.17. The van der Waals surface area contributed by atoms with Gasteiger partial charge in [0.05, 0.1) is 28.3 Å². The minimum Gasteiger partial charge on any atom is -0.495 e. The van der Waals surface area contributed by atoms with Crippen LogP contribution in [0.3, 0.4) is 0 Å². The minimum atomic E-state index is -2.92. The number of carbonyl (C=O) groups is 1. The molecule has 0 aliphatic carbocycles. The van der Waals surface area contributed by atoms with Crippen LogP contribution in [0, 0.1) is 0 Å². The number of rotatable bonds is 7. The van der Waals surface area contributed by atoms with Gasteiger partial charge in [-0.1, -0.05) is 40.2 Å². The van der Waals surface area contributed by atoms with E-state index in [-0.39, 0.29) is 5.75 Å². The number of nitrogens with one attached hydrogen (secondary N) is 1. The molecule has 0 aromatic heterocycles. The van der Waals surface area contributed by atoms with E-state index in [2.05, 4.69) is 25.0 Å². The zero-order valence-electron chi connectivity index (χ0n) is 15.8. The van der Waals surface area contributed by atoms with Crippen LogP contribution < -0.4 is 15.2 Å². The lowest BCUT2D eigenvalue weighted by Gasteiger charge is -2.18. The van der Waals surface area contributed by atoms with Gasteiger partial charge in [0.15, 0.2) is 9.92 Å². The first-order valence-electron chi connectivity index (χ1n) is 8.57. The summed E-state index contributed by atoms with van der Waals surface area (Å²) in [4.78, 5) is 12.6. The number of anilines is 1. The fourth-order valence-corrected chi connectivity index (χ4v) is 5.33. The number of thioether (sulfide) groups is 1. The Hall–Kier alpha value is -2.23. The maximum Gasteiger partial charge on any atom is 0.227 e.